The van der Waals surface area contributed by atoms with Crippen molar-refractivity contribution >= 4 is 33.0 Å². The molecule has 0 bridgehead atoms. The predicted molar refractivity (Wildman–Crippen MR) is 61.9 cm³/mol. The lowest BCUT2D eigenvalue weighted by Crippen LogP contribution is -1.98. The molecule has 0 saturated heterocycles. The second-order valence-corrected chi connectivity index (χ2v) is 4.54. The van der Waals surface area contributed by atoms with Gasteiger partial charge in [-0.1, -0.05) is 15.9 Å². The van der Waals surface area contributed by atoms with E-state index in [0.717, 1.165) is 15.6 Å². The van der Waals surface area contributed by atoms with Crippen LogP contribution in [0.1, 0.15) is 15.9 Å². The summed E-state index contributed by atoms with van der Waals surface area (Å²) >= 11 is 4.87. The molecule has 1 aromatic carbocycles. The van der Waals surface area contributed by atoms with Crippen LogP contribution in [0.3, 0.4) is 0 Å². The van der Waals surface area contributed by atoms with E-state index in [4.69, 9.17) is 0 Å². The van der Waals surface area contributed by atoms with Crippen LogP contribution in [-0.4, -0.2) is 5.78 Å². The van der Waals surface area contributed by atoms with Gasteiger partial charge in [-0.25, -0.2) is 0 Å². The summed E-state index contributed by atoms with van der Waals surface area (Å²) in [5.41, 5.74) is 1.49. The topological polar surface area (TPSA) is 17.1 Å². The molecule has 0 radical (unpaired) electrons. The van der Waals surface area contributed by atoms with E-state index >= 15 is 0 Å². The molecule has 0 spiro atoms. The molecule has 2 aromatic rings. The molecule has 1 aromatic heterocycles. The van der Waals surface area contributed by atoms with Crippen LogP contribution in [0.2, 0.25) is 0 Å². The fourth-order valence-electron chi connectivity index (χ4n) is 1.16. The van der Waals surface area contributed by atoms with Crippen molar-refractivity contribution in [1.29, 1.82) is 0 Å². The molecule has 0 unspecified atom stereocenters. The fraction of sp³-hybridized carbons (Fsp3) is 0. The van der Waals surface area contributed by atoms with Crippen LogP contribution in [0.25, 0.3) is 0 Å². The van der Waals surface area contributed by atoms with E-state index in [1.54, 1.807) is 0 Å². The van der Waals surface area contributed by atoms with Gasteiger partial charge < -0.3 is 0 Å². The first kappa shape index (κ1) is 9.62. The Morgan fingerprint density at radius 1 is 1.07 bits per heavy atom. The van der Waals surface area contributed by atoms with Crippen LogP contribution in [0, 0.1) is 0 Å². The Hall–Kier alpha value is -0.930. The first-order valence-corrected chi connectivity index (χ1v) is 5.83. The van der Waals surface area contributed by atoms with E-state index < -0.39 is 0 Å². The molecule has 0 saturated carbocycles. The number of thiophene rings is 1. The molecule has 0 aliphatic carbocycles. The lowest BCUT2D eigenvalue weighted by atomic mass is 10.1. The molecule has 0 N–H and O–H groups in total. The zero-order valence-electron chi connectivity index (χ0n) is 7.24. The number of hydrogen-bond acceptors (Lipinski definition) is 2. The van der Waals surface area contributed by atoms with Crippen LogP contribution < -0.4 is 0 Å². The highest BCUT2D eigenvalue weighted by atomic mass is 79.9. The zero-order valence-corrected chi connectivity index (χ0v) is 9.64. The summed E-state index contributed by atoms with van der Waals surface area (Å²) in [6.45, 7) is 0. The lowest BCUT2D eigenvalue weighted by molar-refractivity contribution is 0.103. The summed E-state index contributed by atoms with van der Waals surface area (Å²) in [5, 5.41) is 3.77. The van der Waals surface area contributed by atoms with Crippen LogP contribution in [0.15, 0.2) is 45.6 Å². The van der Waals surface area contributed by atoms with Gasteiger partial charge in [0.05, 0.1) is 0 Å². The molecular weight excluding hydrogens is 260 g/mol. The van der Waals surface area contributed by atoms with Crippen molar-refractivity contribution < 1.29 is 4.79 Å². The normalized spacial score (nSPS) is 10.1. The Morgan fingerprint density at radius 2 is 1.79 bits per heavy atom. The van der Waals surface area contributed by atoms with E-state index in [1.807, 2.05) is 41.1 Å². The summed E-state index contributed by atoms with van der Waals surface area (Å²) in [5.74, 6) is 0.0822. The summed E-state index contributed by atoms with van der Waals surface area (Å²) in [4.78, 5) is 11.8. The second kappa shape index (κ2) is 4.07. The molecular formula is C11H7BrOS. The van der Waals surface area contributed by atoms with Gasteiger partial charge in [0.15, 0.2) is 5.78 Å². The molecule has 0 fully saturated rings. The molecule has 0 aliphatic rings. The first-order valence-electron chi connectivity index (χ1n) is 4.10. The molecule has 1 nitrogen and oxygen atoms in total. The minimum Gasteiger partial charge on any atom is -0.289 e. The highest BCUT2D eigenvalue weighted by molar-refractivity contribution is 9.10. The van der Waals surface area contributed by atoms with Gasteiger partial charge in [-0.05, 0) is 35.7 Å². The number of halogens is 1. The van der Waals surface area contributed by atoms with Gasteiger partial charge in [0, 0.05) is 21.0 Å². The monoisotopic (exact) mass is 266 g/mol. The quantitative estimate of drug-likeness (QED) is 0.757. The summed E-state index contributed by atoms with van der Waals surface area (Å²) in [6.07, 6.45) is 0. The smallest absolute Gasteiger partial charge is 0.193 e. The average molecular weight is 267 g/mol. The summed E-state index contributed by atoms with van der Waals surface area (Å²) in [7, 11) is 0. The summed E-state index contributed by atoms with van der Waals surface area (Å²) < 4.78 is 0.986. The Kier molecular flexibility index (Phi) is 2.79. The molecule has 14 heavy (non-hydrogen) atoms. The van der Waals surface area contributed by atoms with Crippen molar-refractivity contribution in [1.82, 2.24) is 0 Å². The SMILES string of the molecule is O=C(c1ccc(Br)cc1)c1ccsc1. The third-order valence-electron chi connectivity index (χ3n) is 1.89. The van der Waals surface area contributed by atoms with Gasteiger partial charge >= 0.3 is 0 Å². The molecule has 0 aliphatic heterocycles. The number of rotatable bonds is 2. The molecule has 0 atom stereocenters. The number of hydrogen-bond donors (Lipinski definition) is 0. The first-order chi connectivity index (χ1) is 6.77. The number of carbonyl (C=O) groups excluding carboxylic acids is 1. The van der Waals surface area contributed by atoms with Crippen molar-refractivity contribution in [3.63, 3.8) is 0 Å². The van der Waals surface area contributed by atoms with Crippen molar-refractivity contribution in [3.05, 3.63) is 56.7 Å². The van der Waals surface area contributed by atoms with E-state index in [1.165, 1.54) is 11.3 Å². The molecule has 2 rings (SSSR count). The summed E-state index contributed by atoms with van der Waals surface area (Å²) in [6, 6.07) is 9.24. The number of ketones is 1. The Morgan fingerprint density at radius 3 is 2.36 bits per heavy atom. The van der Waals surface area contributed by atoms with Crippen LogP contribution in [-0.2, 0) is 0 Å². The van der Waals surface area contributed by atoms with E-state index in [-0.39, 0.29) is 5.78 Å². The Balaban J connectivity index is 2.33. The van der Waals surface area contributed by atoms with Crippen molar-refractivity contribution in [2.24, 2.45) is 0 Å². The highest BCUT2D eigenvalue weighted by Crippen LogP contribution is 2.15. The van der Waals surface area contributed by atoms with Crippen molar-refractivity contribution in [2.45, 2.75) is 0 Å². The maximum Gasteiger partial charge on any atom is 0.193 e. The maximum atomic E-state index is 11.8. The van der Waals surface area contributed by atoms with Crippen molar-refractivity contribution in [2.75, 3.05) is 0 Å². The van der Waals surface area contributed by atoms with Gasteiger partial charge in [-0.15, -0.1) is 0 Å². The van der Waals surface area contributed by atoms with Crippen molar-refractivity contribution in [3.8, 4) is 0 Å². The maximum absolute atomic E-state index is 11.8. The largest absolute Gasteiger partial charge is 0.289 e. The second-order valence-electron chi connectivity index (χ2n) is 2.85. The standard InChI is InChI=1S/C11H7BrOS/c12-10-3-1-8(2-4-10)11(13)9-5-6-14-7-9/h1-7H. The van der Waals surface area contributed by atoms with Crippen LogP contribution >= 0.6 is 27.3 Å². The molecule has 0 amide bonds. The third-order valence-corrected chi connectivity index (χ3v) is 3.10. The van der Waals surface area contributed by atoms with E-state index in [0.29, 0.717) is 0 Å². The van der Waals surface area contributed by atoms with Gasteiger partial charge in [0.1, 0.15) is 0 Å². The number of benzene rings is 1. The molecule has 70 valence electrons. The minimum absolute atomic E-state index is 0.0822. The Bertz CT molecular complexity index is 431. The van der Waals surface area contributed by atoms with E-state index in [9.17, 15) is 4.79 Å². The highest BCUT2D eigenvalue weighted by Gasteiger charge is 2.08. The van der Waals surface area contributed by atoms with Gasteiger partial charge in [0.2, 0.25) is 0 Å². The van der Waals surface area contributed by atoms with E-state index in [2.05, 4.69) is 15.9 Å². The van der Waals surface area contributed by atoms with Crippen LogP contribution in [0.4, 0.5) is 0 Å². The minimum atomic E-state index is 0.0822. The average Bonchev–Trinajstić information content (AvgIpc) is 2.71. The zero-order chi connectivity index (χ0) is 9.97. The third kappa shape index (κ3) is 1.94. The fourth-order valence-corrected chi connectivity index (χ4v) is 2.06. The van der Waals surface area contributed by atoms with Crippen LogP contribution in [0.5, 0.6) is 0 Å². The Labute approximate surface area is 94.5 Å². The lowest BCUT2D eigenvalue weighted by Gasteiger charge is -1.97. The van der Waals surface area contributed by atoms with Gasteiger partial charge in [-0.3, -0.25) is 4.79 Å². The number of carbonyl (C=O) groups is 1. The van der Waals surface area contributed by atoms with Gasteiger partial charge in [0.25, 0.3) is 0 Å². The molecule has 1 heterocycles. The van der Waals surface area contributed by atoms with Gasteiger partial charge in [-0.2, -0.15) is 11.3 Å². The predicted octanol–water partition coefficient (Wildman–Crippen LogP) is 3.74. The molecule has 3 heteroatoms.